The van der Waals surface area contributed by atoms with Crippen LogP contribution in [0.4, 0.5) is 5.82 Å². The van der Waals surface area contributed by atoms with Crippen molar-refractivity contribution in [2.75, 3.05) is 19.0 Å². The first kappa shape index (κ1) is 13.4. The van der Waals surface area contributed by atoms with Gasteiger partial charge in [-0.2, -0.15) is 0 Å². The number of hydrogen-bond acceptors (Lipinski definition) is 3. The van der Waals surface area contributed by atoms with Crippen LogP contribution in [0.5, 0.6) is 0 Å². The van der Waals surface area contributed by atoms with Crippen LogP contribution in [0.3, 0.4) is 0 Å². The third-order valence-corrected chi connectivity index (χ3v) is 4.81. The summed E-state index contributed by atoms with van der Waals surface area (Å²) in [6, 6.07) is 4.00. The van der Waals surface area contributed by atoms with Crippen molar-refractivity contribution in [1.82, 2.24) is 10.3 Å². The van der Waals surface area contributed by atoms with Crippen molar-refractivity contribution >= 4 is 11.7 Å². The topological polar surface area (TPSA) is 45.2 Å². The van der Waals surface area contributed by atoms with Gasteiger partial charge < -0.3 is 10.2 Å². The number of hydrogen-bond donors (Lipinski definition) is 1. The Labute approximate surface area is 120 Å². The number of anilines is 1. The van der Waals surface area contributed by atoms with Crippen LogP contribution in [0.25, 0.3) is 0 Å². The van der Waals surface area contributed by atoms with Gasteiger partial charge in [-0.1, -0.05) is 6.42 Å². The smallest absolute Gasteiger partial charge is 0.223 e. The summed E-state index contributed by atoms with van der Waals surface area (Å²) < 4.78 is 0. The lowest BCUT2D eigenvalue weighted by Crippen LogP contribution is -2.33. The van der Waals surface area contributed by atoms with E-state index >= 15 is 0 Å². The van der Waals surface area contributed by atoms with Crippen LogP contribution in [0.15, 0.2) is 18.3 Å². The van der Waals surface area contributed by atoms with E-state index in [2.05, 4.69) is 10.3 Å². The molecule has 3 unspecified atom stereocenters. The zero-order valence-corrected chi connectivity index (χ0v) is 12.3. The highest BCUT2D eigenvalue weighted by Crippen LogP contribution is 2.48. The Morgan fingerprint density at radius 1 is 1.40 bits per heavy atom. The first-order valence-electron chi connectivity index (χ1n) is 7.53. The first-order valence-corrected chi connectivity index (χ1v) is 7.53. The van der Waals surface area contributed by atoms with E-state index in [0.717, 1.165) is 23.7 Å². The van der Waals surface area contributed by atoms with Crippen LogP contribution in [0.2, 0.25) is 0 Å². The standard InChI is InChI=1S/C16H23N3O/c1-19(2)15-9-12(5-6-17-15)10-18-16(20)14-8-11-3-4-13(14)7-11/h5-6,9,11,13-14H,3-4,7-8,10H2,1-2H3,(H,18,20). The molecule has 0 radical (unpaired) electrons. The van der Waals surface area contributed by atoms with Crippen molar-refractivity contribution in [2.24, 2.45) is 17.8 Å². The van der Waals surface area contributed by atoms with Gasteiger partial charge in [0.15, 0.2) is 0 Å². The van der Waals surface area contributed by atoms with Gasteiger partial charge in [-0.05, 0) is 48.8 Å². The molecule has 0 spiro atoms. The lowest BCUT2D eigenvalue weighted by atomic mass is 9.88. The predicted molar refractivity (Wildman–Crippen MR) is 79.3 cm³/mol. The molecule has 2 fully saturated rings. The SMILES string of the molecule is CN(C)c1cc(CNC(=O)C2CC3CCC2C3)ccn1. The fraction of sp³-hybridized carbons (Fsp3) is 0.625. The normalized spacial score (nSPS) is 27.6. The summed E-state index contributed by atoms with van der Waals surface area (Å²) in [7, 11) is 3.94. The van der Waals surface area contributed by atoms with E-state index < -0.39 is 0 Å². The average molecular weight is 273 g/mol. The molecular weight excluding hydrogens is 250 g/mol. The maximum absolute atomic E-state index is 12.3. The van der Waals surface area contributed by atoms with Crippen LogP contribution in [0.1, 0.15) is 31.2 Å². The van der Waals surface area contributed by atoms with Crippen LogP contribution in [-0.2, 0) is 11.3 Å². The molecular formula is C16H23N3O. The van der Waals surface area contributed by atoms with E-state index in [1.807, 2.05) is 31.1 Å². The third-order valence-electron chi connectivity index (χ3n) is 4.81. The summed E-state index contributed by atoms with van der Waals surface area (Å²) in [5.41, 5.74) is 1.11. The average Bonchev–Trinajstić information content (AvgIpc) is 3.07. The number of aromatic nitrogens is 1. The van der Waals surface area contributed by atoms with Gasteiger partial charge in [-0.15, -0.1) is 0 Å². The number of carbonyl (C=O) groups is 1. The highest BCUT2D eigenvalue weighted by atomic mass is 16.1. The van der Waals surface area contributed by atoms with Crippen LogP contribution >= 0.6 is 0 Å². The fourth-order valence-corrected chi connectivity index (χ4v) is 3.70. The quantitative estimate of drug-likeness (QED) is 0.914. The van der Waals surface area contributed by atoms with E-state index in [0.29, 0.717) is 12.5 Å². The van der Waals surface area contributed by atoms with Crippen molar-refractivity contribution in [3.05, 3.63) is 23.9 Å². The highest BCUT2D eigenvalue weighted by molar-refractivity contribution is 5.79. The molecule has 1 amide bonds. The molecule has 1 heterocycles. The molecule has 0 aliphatic heterocycles. The number of nitrogens with zero attached hydrogens (tertiary/aromatic N) is 2. The molecule has 4 nitrogen and oxygen atoms in total. The summed E-state index contributed by atoms with van der Waals surface area (Å²) in [5, 5.41) is 3.11. The summed E-state index contributed by atoms with van der Waals surface area (Å²) >= 11 is 0. The molecule has 3 rings (SSSR count). The molecule has 3 atom stereocenters. The molecule has 4 heteroatoms. The maximum atomic E-state index is 12.3. The molecule has 20 heavy (non-hydrogen) atoms. The molecule has 2 aliphatic carbocycles. The maximum Gasteiger partial charge on any atom is 0.223 e. The van der Waals surface area contributed by atoms with Crippen molar-refractivity contribution < 1.29 is 4.79 Å². The van der Waals surface area contributed by atoms with Gasteiger partial charge in [0.2, 0.25) is 5.91 Å². The first-order chi connectivity index (χ1) is 9.63. The lowest BCUT2D eigenvalue weighted by Gasteiger charge is -2.21. The molecule has 1 aromatic rings. The molecule has 0 aromatic carbocycles. The Kier molecular flexibility index (Phi) is 3.64. The second-order valence-electron chi connectivity index (χ2n) is 6.42. The second-order valence-corrected chi connectivity index (χ2v) is 6.42. The summed E-state index contributed by atoms with van der Waals surface area (Å²) in [5.74, 6) is 2.91. The van der Waals surface area contributed by atoms with Gasteiger partial charge >= 0.3 is 0 Å². The van der Waals surface area contributed by atoms with Gasteiger partial charge in [-0.25, -0.2) is 4.98 Å². The van der Waals surface area contributed by atoms with Gasteiger partial charge in [0.05, 0.1) is 0 Å². The Morgan fingerprint density at radius 2 is 2.25 bits per heavy atom. The van der Waals surface area contributed by atoms with Gasteiger partial charge in [0.1, 0.15) is 5.82 Å². The van der Waals surface area contributed by atoms with Crippen LogP contribution < -0.4 is 10.2 Å². The summed E-state index contributed by atoms with van der Waals surface area (Å²) in [6.07, 6.45) is 6.77. The van der Waals surface area contributed by atoms with Crippen molar-refractivity contribution in [3.63, 3.8) is 0 Å². The summed E-state index contributed by atoms with van der Waals surface area (Å²) in [4.78, 5) is 18.6. The molecule has 2 aliphatic rings. The van der Waals surface area contributed by atoms with Gasteiger partial charge in [0.25, 0.3) is 0 Å². The van der Waals surface area contributed by atoms with E-state index in [1.54, 1.807) is 6.20 Å². The molecule has 2 bridgehead atoms. The minimum absolute atomic E-state index is 0.250. The van der Waals surface area contributed by atoms with Crippen molar-refractivity contribution in [3.8, 4) is 0 Å². The Hall–Kier alpha value is -1.58. The fourth-order valence-electron chi connectivity index (χ4n) is 3.70. The van der Waals surface area contributed by atoms with Gasteiger partial charge in [-0.3, -0.25) is 4.79 Å². The molecule has 1 aromatic heterocycles. The summed E-state index contributed by atoms with van der Waals surface area (Å²) in [6.45, 7) is 0.607. The molecule has 0 saturated heterocycles. The van der Waals surface area contributed by atoms with Crippen molar-refractivity contribution in [1.29, 1.82) is 0 Å². The van der Waals surface area contributed by atoms with Crippen LogP contribution in [0, 0.1) is 17.8 Å². The predicted octanol–water partition coefficient (Wildman–Crippen LogP) is 2.20. The van der Waals surface area contributed by atoms with E-state index in [9.17, 15) is 4.79 Å². The number of carbonyl (C=O) groups excluding carboxylic acids is 1. The molecule has 1 N–H and O–H groups in total. The lowest BCUT2D eigenvalue weighted by molar-refractivity contribution is -0.126. The zero-order valence-electron chi connectivity index (χ0n) is 12.3. The van der Waals surface area contributed by atoms with Crippen molar-refractivity contribution in [2.45, 2.75) is 32.2 Å². The van der Waals surface area contributed by atoms with E-state index in [-0.39, 0.29) is 11.8 Å². The highest BCUT2D eigenvalue weighted by Gasteiger charge is 2.42. The number of rotatable bonds is 4. The van der Waals surface area contributed by atoms with Crippen LogP contribution in [-0.4, -0.2) is 25.0 Å². The number of pyridine rings is 1. The van der Waals surface area contributed by atoms with E-state index in [4.69, 9.17) is 0 Å². The molecule has 108 valence electrons. The van der Waals surface area contributed by atoms with Gasteiger partial charge in [0, 0.05) is 32.8 Å². The number of nitrogens with one attached hydrogen (secondary N) is 1. The Balaban J connectivity index is 1.56. The number of amides is 1. The second kappa shape index (κ2) is 5.43. The Morgan fingerprint density at radius 3 is 2.90 bits per heavy atom. The van der Waals surface area contributed by atoms with E-state index in [1.165, 1.54) is 19.3 Å². The minimum atomic E-state index is 0.250. The third kappa shape index (κ3) is 2.65. The zero-order chi connectivity index (χ0) is 14.1. The largest absolute Gasteiger partial charge is 0.363 e. The monoisotopic (exact) mass is 273 g/mol. The molecule has 2 saturated carbocycles. The Bertz CT molecular complexity index is 500. The minimum Gasteiger partial charge on any atom is -0.363 e. The number of fused-ring (bicyclic) bond motifs is 2.